The lowest BCUT2D eigenvalue weighted by molar-refractivity contribution is 0.102. The lowest BCUT2D eigenvalue weighted by Crippen LogP contribution is -2.47. The van der Waals surface area contributed by atoms with E-state index in [9.17, 15) is 0 Å². The van der Waals surface area contributed by atoms with E-state index in [1.807, 2.05) is 0 Å². The lowest BCUT2D eigenvalue weighted by atomic mass is 9.79. The first-order chi connectivity index (χ1) is 9.86. The second kappa shape index (κ2) is 9.15. The molecule has 1 N–H and O–H groups in total. The average Bonchev–Trinajstić information content (AvgIpc) is 2.63. The van der Waals surface area contributed by atoms with Gasteiger partial charge in [-0.15, -0.1) is 0 Å². The number of rotatable bonds is 8. The van der Waals surface area contributed by atoms with Crippen LogP contribution >= 0.6 is 0 Å². The molecule has 1 rings (SSSR count). The first-order valence-electron chi connectivity index (χ1n) is 9.27. The minimum absolute atomic E-state index is 0.503. The minimum Gasteiger partial charge on any atom is -0.316 e. The average molecular weight is 297 g/mol. The van der Waals surface area contributed by atoms with Crippen LogP contribution in [0.15, 0.2) is 0 Å². The van der Waals surface area contributed by atoms with Crippen LogP contribution in [-0.2, 0) is 0 Å². The Morgan fingerprint density at radius 3 is 2.00 bits per heavy atom. The summed E-state index contributed by atoms with van der Waals surface area (Å²) in [6.07, 6.45) is 8.55. The highest BCUT2D eigenvalue weighted by Gasteiger charge is 2.33. The van der Waals surface area contributed by atoms with Crippen molar-refractivity contribution in [1.82, 2.24) is 10.2 Å². The van der Waals surface area contributed by atoms with Gasteiger partial charge in [0.05, 0.1) is 0 Å². The van der Waals surface area contributed by atoms with Crippen LogP contribution in [0.1, 0.15) is 73.1 Å². The zero-order valence-corrected chi connectivity index (χ0v) is 15.5. The third kappa shape index (κ3) is 6.69. The van der Waals surface area contributed by atoms with Gasteiger partial charge in [-0.2, -0.15) is 0 Å². The fourth-order valence-electron chi connectivity index (χ4n) is 3.68. The van der Waals surface area contributed by atoms with Gasteiger partial charge in [0.2, 0.25) is 0 Å². The lowest BCUT2D eigenvalue weighted by Gasteiger charge is -2.40. The summed E-state index contributed by atoms with van der Waals surface area (Å²) in [4.78, 5) is 2.62. The highest BCUT2D eigenvalue weighted by Crippen LogP contribution is 2.36. The first-order valence-corrected chi connectivity index (χ1v) is 9.27. The number of nitrogens with zero attached hydrogens (tertiary/aromatic N) is 1. The molecule has 0 aliphatic heterocycles. The predicted molar refractivity (Wildman–Crippen MR) is 94.8 cm³/mol. The van der Waals surface area contributed by atoms with Crippen molar-refractivity contribution in [3.8, 4) is 0 Å². The molecular weight excluding hydrogens is 256 g/mol. The summed E-state index contributed by atoms with van der Waals surface area (Å²) in [5.74, 6) is 1.49. The SMILES string of the molecule is CC(C)CNCC1(CN(C)C(C)C(C)C)CCCCCC1. The molecule has 0 radical (unpaired) electrons. The minimum atomic E-state index is 0.503. The summed E-state index contributed by atoms with van der Waals surface area (Å²) in [7, 11) is 2.33. The maximum Gasteiger partial charge on any atom is 0.00871 e. The number of nitrogens with one attached hydrogen (secondary N) is 1. The van der Waals surface area contributed by atoms with E-state index in [-0.39, 0.29) is 0 Å². The van der Waals surface area contributed by atoms with Crippen LogP contribution < -0.4 is 5.32 Å². The zero-order valence-electron chi connectivity index (χ0n) is 15.5. The maximum atomic E-state index is 3.77. The Kier molecular flexibility index (Phi) is 8.26. The summed E-state index contributed by atoms with van der Waals surface area (Å²) in [6.45, 7) is 15.3. The fourth-order valence-corrected chi connectivity index (χ4v) is 3.68. The zero-order chi connectivity index (χ0) is 15.9. The second-order valence-electron chi connectivity index (χ2n) is 8.34. The summed E-state index contributed by atoms with van der Waals surface area (Å²) < 4.78 is 0. The number of hydrogen-bond acceptors (Lipinski definition) is 2. The Bertz CT molecular complexity index is 265. The Hall–Kier alpha value is -0.0800. The Morgan fingerprint density at radius 2 is 1.52 bits per heavy atom. The normalized spacial score (nSPS) is 21.0. The van der Waals surface area contributed by atoms with Gasteiger partial charge >= 0.3 is 0 Å². The summed E-state index contributed by atoms with van der Waals surface area (Å²) in [5.41, 5.74) is 0.503. The van der Waals surface area contributed by atoms with E-state index in [2.05, 4.69) is 51.9 Å². The van der Waals surface area contributed by atoms with Gasteiger partial charge < -0.3 is 10.2 Å². The van der Waals surface area contributed by atoms with E-state index in [1.165, 1.54) is 51.6 Å². The van der Waals surface area contributed by atoms with Crippen LogP contribution in [0.4, 0.5) is 0 Å². The second-order valence-corrected chi connectivity index (χ2v) is 8.34. The van der Waals surface area contributed by atoms with Crippen LogP contribution in [0.2, 0.25) is 0 Å². The topological polar surface area (TPSA) is 15.3 Å². The molecule has 0 aromatic rings. The van der Waals surface area contributed by atoms with Crippen molar-refractivity contribution in [3.05, 3.63) is 0 Å². The molecule has 21 heavy (non-hydrogen) atoms. The maximum absolute atomic E-state index is 3.77. The first kappa shape index (κ1) is 19.0. The molecule has 1 aliphatic carbocycles. The molecule has 0 amide bonds. The van der Waals surface area contributed by atoms with E-state index >= 15 is 0 Å². The molecule has 2 nitrogen and oxygen atoms in total. The van der Waals surface area contributed by atoms with Gasteiger partial charge in [-0.3, -0.25) is 0 Å². The molecule has 1 atom stereocenters. The van der Waals surface area contributed by atoms with Crippen LogP contribution in [0, 0.1) is 17.3 Å². The number of hydrogen-bond donors (Lipinski definition) is 1. The molecule has 0 saturated heterocycles. The molecule has 1 aliphatic rings. The Balaban J connectivity index is 2.66. The van der Waals surface area contributed by atoms with Crippen LogP contribution in [-0.4, -0.2) is 37.6 Å². The molecule has 1 fully saturated rings. The van der Waals surface area contributed by atoms with Crippen molar-refractivity contribution in [2.45, 2.75) is 79.2 Å². The summed E-state index contributed by atoms with van der Waals surface area (Å²) in [5, 5.41) is 3.77. The van der Waals surface area contributed by atoms with Gasteiger partial charge in [-0.05, 0) is 50.6 Å². The van der Waals surface area contributed by atoms with E-state index < -0.39 is 0 Å². The van der Waals surface area contributed by atoms with Crippen molar-refractivity contribution in [2.24, 2.45) is 17.3 Å². The van der Waals surface area contributed by atoms with Crippen LogP contribution in [0.25, 0.3) is 0 Å². The standard InChI is InChI=1S/C19H40N2/c1-16(2)13-20-14-19(11-9-7-8-10-12-19)15-21(6)18(5)17(3)4/h16-18,20H,7-15H2,1-6H3. The van der Waals surface area contributed by atoms with Crippen molar-refractivity contribution < 1.29 is 0 Å². The van der Waals surface area contributed by atoms with Gasteiger partial charge in [0.15, 0.2) is 0 Å². The Morgan fingerprint density at radius 1 is 0.952 bits per heavy atom. The smallest absolute Gasteiger partial charge is 0.00871 e. The van der Waals surface area contributed by atoms with E-state index in [1.54, 1.807) is 0 Å². The van der Waals surface area contributed by atoms with Crippen LogP contribution in [0.3, 0.4) is 0 Å². The molecule has 0 spiro atoms. The highest BCUT2D eigenvalue weighted by molar-refractivity contribution is 4.88. The molecule has 0 heterocycles. The molecule has 1 saturated carbocycles. The molecule has 0 aromatic heterocycles. The van der Waals surface area contributed by atoms with Crippen molar-refractivity contribution in [3.63, 3.8) is 0 Å². The van der Waals surface area contributed by atoms with E-state index in [4.69, 9.17) is 0 Å². The quantitative estimate of drug-likeness (QED) is 0.661. The molecule has 1 unspecified atom stereocenters. The van der Waals surface area contributed by atoms with Gasteiger partial charge in [0, 0.05) is 19.1 Å². The van der Waals surface area contributed by atoms with Crippen molar-refractivity contribution in [1.29, 1.82) is 0 Å². The molecular formula is C19H40N2. The molecule has 2 heteroatoms. The van der Waals surface area contributed by atoms with Crippen molar-refractivity contribution >= 4 is 0 Å². The van der Waals surface area contributed by atoms with Crippen LogP contribution in [0.5, 0.6) is 0 Å². The van der Waals surface area contributed by atoms with Gasteiger partial charge in [-0.25, -0.2) is 0 Å². The monoisotopic (exact) mass is 296 g/mol. The van der Waals surface area contributed by atoms with Gasteiger partial charge in [0.1, 0.15) is 0 Å². The van der Waals surface area contributed by atoms with E-state index in [0.717, 1.165) is 18.4 Å². The molecule has 0 bridgehead atoms. The fraction of sp³-hybridized carbons (Fsp3) is 1.00. The largest absolute Gasteiger partial charge is 0.316 e. The summed E-state index contributed by atoms with van der Waals surface area (Å²) in [6, 6.07) is 0.676. The summed E-state index contributed by atoms with van der Waals surface area (Å²) >= 11 is 0. The third-order valence-corrected chi connectivity index (χ3v) is 5.46. The van der Waals surface area contributed by atoms with E-state index in [0.29, 0.717) is 11.5 Å². The van der Waals surface area contributed by atoms with Crippen molar-refractivity contribution in [2.75, 3.05) is 26.7 Å². The predicted octanol–water partition coefficient (Wildman–Crippen LogP) is 4.55. The molecule has 126 valence electrons. The van der Waals surface area contributed by atoms with Gasteiger partial charge in [0.25, 0.3) is 0 Å². The third-order valence-electron chi connectivity index (χ3n) is 5.46. The Labute approximate surface area is 134 Å². The molecule has 0 aromatic carbocycles. The van der Waals surface area contributed by atoms with Gasteiger partial charge in [-0.1, -0.05) is 53.4 Å². The highest BCUT2D eigenvalue weighted by atomic mass is 15.1.